The van der Waals surface area contributed by atoms with Gasteiger partial charge in [0.15, 0.2) is 0 Å². The molecule has 0 unspecified atom stereocenters. The minimum atomic E-state index is -0.164. The maximum absolute atomic E-state index is 13.5. The van der Waals surface area contributed by atoms with Gasteiger partial charge in [-0.3, -0.25) is 9.59 Å². The normalized spacial score (nSPS) is 19.6. The number of hydrogen-bond donors (Lipinski definition) is 4. The van der Waals surface area contributed by atoms with Crippen molar-refractivity contribution in [2.24, 2.45) is 0 Å². The summed E-state index contributed by atoms with van der Waals surface area (Å²) in [6.45, 7) is 0.717. The van der Waals surface area contributed by atoms with Crippen LogP contribution in [0, 0.1) is 0 Å². The summed E-state index contributed by atoms with van der Waals surface area (Å²) in [5, 5.41) is 12.3. The monoisotopic (exact) mass is 542 g/mol. The third-order valence-electron chi connectivity index (χ3n) is 7.27. The van der Waals surface area contributed by atoms with Gasteiger partial charge >= 0.3 is 6.03 Å². The molecular weight excluding hydrogens is 508 g/mol. The van der Waals surface area contributed by atoms with Crippen molar-refractivity contribution in [3.63, 3.8) is 0 Å². The molecular formula is C31H34N4O3S. The zero-order chi connectivity index (χ0) is 27.0. The van der Waals surface area contributed by atoms with E-state index in [0.29, 0.717) is 30.3 Å². The topological polar surface area (TPSA) is 99.3 Å². The fourth-order valence-electron chi connectivity index (χ4n) is 5.34. The number of hydrogen-bond acceptors (Lipinski definition) is 4. The fraction of sp³-hybridized carbons (Fsp3) is 0.323. The van der Waals surface area contributed by atoms with Crippen LogP contribution in [0.3, 0.4) is 0 Å². The molecule has 0 bridgehead atoms. The number of unbranched alkanes of at least 4 members (excludes halogenated alkanes) is 1. The lowest BCUT2D eigenvalue weighted by molar-refractivity contribution is -0.121. The fourth-order valence-corrected chi connectivity index (χ4v) is 6.89. The van der Waals surface area contributed by atoms with E-state index in [2.05, 4.69) is 21.3 Å². The first-order valence-electron chi connectivity index (χ1n) is 13.6. The summed E-state index contributed by atoms with van der Waals surface area (Å²) >= 11 is 1.89. The van der Waals surface area contributed by atoms with Gasteiger partial charge in [-0.15, -0.1) is 0 Å². The number of carbonyl (C=O) groups excluding carboxylic acids is 3. The third-order valence-corrected chi connectivity index (χ3v) is 8.78. The predicted octanol–water partition coefficient (Wildman–Crippen LogP) is 4.59. The van der Waals surface area contributed by atoms with Crippen LogP contribution in [0.4, 0.5) is 4.79 Å². The SMILES string of the molecule is O=C(CCCC[C@@H]1SC[C@@H]2NC(=O)N[C@@H]21)NCCNC(=O)c1c(-c2ccccc2)cccc1-c1ccccc1. The zero-order valence-electron chi connectivity index (χ0n) is 21.8. The number of rotatable bonds is 11. The van der Waals surface area contributed by atoms with E-state index in [1.54, 1.807) is 0 Å². The molecule has 0 saturated carbocycles. The maximum atomic E-state index is 13.5. The van der Waals surface area contributed by atoms with Crippen LogP contribution in [0.1, 0.15) is 36.0 Å². The quantitative estimate of drug-likeness (QED) is 0.210. The highest BCUT2D eigenvalue weighted by molar-refractivity contribution is 8.00. The van der Waals surface area contributed by atoms with E-state index in [0.717, 1.165) is 47.3 Å². The average molecular weight is 543 g/mol. The van der Waals surface area contributed by atoms with Crippen LogP contribution in [0.2, 0.25) is 0 Å². The minimum absolute atomic E-state index is 0.00769. The van der Waals surface area contributed by atoms with E-state index >= 15 is 0 Å². The van der Waals surface area contributed by atoms with Gasteiger partial charge in [0.05, 0.1) is 17.6 Å². The summed E-state index contributed by atoms with van der Waals surface area (Å²) < 4.78 is 0. The molecule has 2 heterocycles. The van der Waals surface area contributed by atoms with Crippen molar-refractivity contribution in [3.05, 3.63) is 84.4 Å². The van der Waals surface area contributed by atoms with Crippen LogP contribution < -0.4 is 21.3 Å². The summed E-state index contributed by atoms with van der Waals surface area (Å²) in [5.41, 5.74) is 4.33. The molecule has 3 aromatic rings. The first-order valence-corrected chi connectivity index (χ1v) is 14.6. The van der Waals surface area contributed by atoms with Gasteiger partial charge in [0.25, 0.3) is 5.91 Å². The molecule has 2 aliphatic heterocycles. The van der Waals surface area contributed by atoms with E-state index < -0.39 is 0 Å². The Kier molecular flexibility index (Phi) is 8.83. The van der Waals surface area contributed by atoms with Crippen molar-refractivity contribution in [3.8, 4) is 22.3 Å². The maximum Gasteiger partial charge on any atom is 0.315 e. The lowest BCUT2D eigenvalue weighted by Gasteiger charge is -2.16. The Balaban J connectivity index is 1.11. The summed E-state index contributed by atoms with van der Waals surface area (Å²) in [4.78, 5) is 37.3. The lowest BCUT2D eigenvalue weighted by Crippen LogP contribution is -2.36. The molecule has 2 aliphatic rings. The molecule has 0 radical (unpaired) electrons. The lowest BCUT2D eigenvalue weighted by atomic mass is 9.91. The molecule has 8 heteroatoms. The largest absolute Gasteiger partial charge is 0.354 e. The van der Waals surface area contributed by atoms with Crippen LogP contribution in [-0.2, 0) is 4.79 Å². The molecule has 3 aromatic carbocycles. The number of carbonyl (C=O) groups is 3. The molecule has 5 rings (SSSR count). The highest BCUT2D eigenvalue weighted by atomic mass is 32.2. The van der Waals surface area contributed by atoms with Gasteiger partial charge in [-0.05, 0) is 35.1 Å². The Morgan fingerprint density at radius 3 is 2.10 bits per heavy atom. The molecule has 2 saturated heterocycles. The van der Waals surface area contributed by atoms with Gasteiger partial charge in [0, 0.05) is 30.5 Å². The van der Waals surface area contributed by atoms with Gasteiger partial charge in [-0.1, -0.05) is 85.3 Å². The summed E-state index contributed by atoms with van der Waals surface area (Å²) in [5.74, 6) is 0.776. The van der Waals surface area contributed by atoms with Crippen LogP contribution in [-0.4, -0.2) is 54.0 Å². The van der Waals surface area contributed by atoms with Crippen molar-refractivity contribution in [1.82, 2.24) is 21.3 Å². The first-order chi connectivity index (χ1) is 19.1. The average Bonchev–Trinajstić information content (AvgIpc) is 3.53. The van der Waals surface area contributed by atoms with Gasteiger partial charge in [-0.25, -0.2) is 4.79 Å². The van der Waals surface area contributed by atoms with Crippen LogP contribution in [0.5, 0.6) is 0 Å². The molecule has 39 heavy (non-hydrogen) atoms. The number of fused-ring (bicyclic) bond motifs is 1. The molecule has 0 aliphatic carbocycles. The van der Waals surface area contributed by atoms with Crippen molar-refractivity contribution in [1.29, 1.82) is 0 Å². The van der Waals surface area contributed by atoms with Crippen LogP contribution >= 0.6 is 11.8 Å². The van der Waals surface area contributed by atoms with Crippen LogP contribution in [0.15, 0.2) is 78.9 Å². The Labute approximate surface area is 233 Å². The highest BCUT2D eigenvalue weighted by Crippen LogP contribution is 2.34. The van der Waals surface area contributed by atoms with E-state index in [9.17, 15) is 14.4 Å². The number of thioether (sulfide) groups is 1. The third kappa shape index (κ3) is 6.63. The van der Waals surface area contributed by atoms with Gasteiger partial charge < -0.3 is 21.3 Å². The second-order valence-electron chi connectivity index (χ2n) is 9.93. The van der Waals surface area contributed by atoms with Crippen molar-refractivity contribution < 1.29 is 14.4 Å². The summed E-state index contributed by atoms with van der Waals surface area (Å²) in [6, 6.07) is 26.1. The second-order valence-corrected chi connectivity index (χ2v) is 11.2. The summed E-state index contributed by atoms with van der Waals surface area (Å²) in [6.07, 6.45) is 3.19. The Morgan fingerprint density at radius 2 is 1.44 bits per heavy atom. The van der Waals surface area contributed by atoms with E-state index in [4.69, 9.17) is 0 Å². The van der Waals surface area contributed by atoms with Crippen LogP contribution in [0.25, 0.3) is 22.3 Å². The predicted molar refractivity (Wildman–Crippen MR) is 157 cm³/mol. The Bertz CT molecular complexity index is 1240. The van der Waals surface area contributed by atoms with Gasteiger partial charge in [0.2, 0.25) is 5.91 Å². The highest BCUT2D eigenvalue weighted by Gasteiger charge is 2.42. The van der Waals surface area contributed by atoms with Gasteiger partial charge in [0.1, 0.15) is 0 Å². The molecule has 4 N–H and O–H groups in total. The number of urea groups is 1. The number of amides is 4. The molecule has 4 amide bonds. The standard InChI is InChI=1S/C31H34N4O3S/c36-27(17-8-7-16-26-29-25(20-39-26)34-31(38)35-29)32-18-19-33-30(37)28-23(21-10-3-1-4-11-21)14-9-15-24(28)22-12-5-2-6-13-22/h1-6,9-15,25-26,29H,7-8,16-20H2,(H,32,36)(H,33,37)(H2,34,35,38)/t25-,26-,29-/m0/s1. The zero-order valence-corrected chi connectivity index (χ0v) is 22.6. The Hall–Kier alpha value is -3.78. The molecule has 7 nitrogen and oxygen atoms in total. The van der Waals surface area contributed by atoms with Gasteiger partial charge in [-0.2, -0.15) is 11.8 Å². The molecule has 3 atom stereocenters. The van der Waals surface area contributed by atoms with E-state index in [-0.39, 0.29) is 29.9 Å². The van der Waals surface area contributed by atoms with E-state index in [1.165, 1.54) is 0 Å². The van der Waals surface area contributed by atoms with E-state index in [1.807, 2.05) is 90.6 Å². The molecule has 2 fully saturated rings. The summed E-state index contributed by atoms with van der Waals surface area (Å²) in [7, 11) is 0. The van der Waals surface area contributed by atoms with Crippen molar-refractivity contribution >= 4 is 29.6 Å². The molecule has 0 aromatic heterocycles. The second kappa shape index (κ2) is 12.8. The Morgan fingerprint density at radius 1 is 0.795 bits per heavy atom. The smallest absolute Gasteiger partial charge is 0.315 e. The molecule has 0 spiro atoms. The van der Waals surface area contributed by atoms with Crippen molar-refractivity contribution in [2.45, 2.75) is 43.0 Å². The molecule has 202 valence electrons. The number of nitrogens with one attached hydrogen (secondary N) is 4. The first kappa shape index (κ1) is 26.8. The van der Waals surface area contributed by atoms with Crippen molar-refractivity contribution in [2.75, 3.05) is 18.8 Å². The minimum Gasteiger partial charge on any atom is -0.354 e. The number of benzene rings is 3.